The lowest BCUT2D eigenvalue weighted by atomic mass is 9.97. The van der Waals surface area contributed by atoms with Crippen molar-refractivity contribution in [3.63, 3.8) is 0 Å². The van der Waals surface area contributed by atoms with Gasteiger partial charge >= 0.3 is 6.03 Å². The Balaban J connectivity index is 1.79. The number of fused-ring (bicyclic) bond motifs is 3. The molecule has 3 amide bonds. The Labute approximate surface area is 172 Å². The summed E-state index contributed by atoms with van der Waals surface area (Å²) in [6.07, 6.45) is 4.21. The van der Waals surface area contributed by atoms with Crippen molar-refractivity contribution in [1.29, 1.82) is 0 Å². The minimum Gasteiger partial charge on any atom is -0.333 e. The molecule has 0 atom stereocenters. The number of rotatable bonds is 4. The van der Waals surface area contributed by atoms with Crippen molar-refractivity contribution < 1.29 is 9.59 Å². The smallest absolute Gasteiger partial charge is 0.321 e. The Hall–Kier alpha value is -1.87. The van der Waals surface area contributed by atoms with Crippen LogP contribution in [0.3, 0.4) is 0 Å². The lowest BCUT2D eigenvalue weighted by molar-refractivity contribution is -0.117. The van der Waals surface area contributed by atoms with Crippen molar-refractivity contribution in [2.45, 2.75) is 70.6 Å². The summed E-state index contributed by atoms with van der Waals surface area (Å²) < 4.78 is 1.62. The number of thiophene rings is 1. The van der Waals surface area contributed by atoms with Crippen LogP contribution in [0.1, 0.15) is 51.0 Å². The second-order valence-electron chi connectivity index (χ2n) is 7.88. The number of carbonyl (C=O) groups is 2. The fourth-order valence-corrected chi connectivity index (χ4v) is 5.44. The van der Waals surface area contributed by atoms with Gasteiger partial charge in [0.05, 0.1) is 11.1 Å². The number of urea groups is 1. The molecule has 0 fully saturated rings. The fourth-order valence-electron chi connectivity index (χ4n) is 3.27. The lowest BCUT2D eigenvalue weighted by Crippen LogP contribution is -2.48. The molecule has 0 spiro atoms. The van der Waals surface area contributed by atoms with Crippen molar-refractivity contribution in [2.24, 2.45) is 0 Å². The van der Waals surface area contributed by atoms with Gasteiger partial charge in [-0.05, 0) is 58.9 Å². The van der Waals surface area contributed by atoms with E-state index < -0.39 is 17.5 Å². The first kappa shape index (κ1) is 20.9. The predicted molar refractivity (Wildman–Crippen MR) is 113 cm³/mol. The van der Waals surface area contributed by atoms with Crippen LogP contribution in [0.2, 0.25) is 0 Å². The number of thioether (sulfide) groups is 1. The zero-order chi connectivity index (χ0) is 20.5. The van der Waals surface area contributed by atoms with Gasteiger partial charge in [-0.25, -0.2) is 9.78 Å². The number of nitrogens with one attached hydrogen (secondary N) is 2. The summed E-state index contributed by atoms with van der Waals surface area (Å²) in [6.45, 7) is 7.90. The van der Waals surface area contributed by atoms with E-state index in [0.717, 1.165) is 35.9 Å². The average molecular weight is 423 g/mol. The third-order valence-electron chi connectivity index (χ3n) is 4.43. The van der Waals surface area contributed by atoms with Crippen molar-refractivity contribution in [3.05, 3.63) is 20.8 Å². The van der Waals surface area contributed by atoms with Gasteiger partial charge in [0.1, 0.15) is 4.83 Å². The first-order valence-electron chi connectivity index (χ1n) is 9.49. The van der Waals surface area contributed by atoms with Gasteiger partial charge in [0.25, 0.3) is 5.56 Å². The van der Waals surface area contributed by atoms with E-state index in [1.807, 2.05) is 27.7 Å². The Morgan fingerprint density at radius 3 is 2.64 bits per heavy atom. The van der Waals surface area contributed by atoms with Crippen molar-refractivity contribution >= 4 is 45.3 Å². The Morgan fingerprint density at radius 1 is 1.25 bits per heavy atom. The normalized spacial score (nSPS) is 14.0. The molecular formula is C19H26N4O3S2. The number of hydrogen-bond donors (Lipinski definition) is 2. The molecule has 1 aliphatic rings. The molecule has 0 aliphatic heterocycles. The van der Waals surface area contributed by atoms with Crippen LogP contribution in [-0.2, 0) is 24.2 Å². The standard InChI is InChI=1S/C19H26N4O3S2/c1-5-23-16(25)14-11-8-6-7-9-12(11)28-15(14)21-18(23)27-10-13(24)20-17(26)22-19(2,3)4/h5-10H2,1-4H3,(H2,20,22,24,26). The minimum atomic E-state index is -0.527. The van der Waals surface area contributed by atoms with Crippen molar-refractivity contribution in [3.8, 4) is 0 Å². The number of nitrogens with zero attached hydrogens (tertiary/aromatic N) is 2. The maximum atomic E-state index is 13.0. The van der Waals surface area contributed by atoms with Crippen LogP contribution in [0.25, 0.3) is 10.2 Å². The molecule has 2 heterocycles. The van der Waals surface area contributed by atoms with Gasteiger partial charge < -0.3 is 5.32 Å². The van der Waals surface area contributed by atoms with Crippen LogP contribution in [0.15, 0.2) is 9.95 Å². The summed E-state index contributed by atoms with van der Waals surface area (Å²) in [5.41, 5.74) is 0.713. The van der Waals surface area contributed by atoms with Crippen LogP contribution in [-0.4, -0.2) is 32.8 Å². The molecule has 2 aromatic rings. The highest BCUT2D eigenvalue weighted by molar-refractivity contribution is 7.99. The Morgan fingerprint density at radius 2 is 1.96 bits per heavy atom. The summed E-state index contributed by atoms with van der Waals surface area (Å²) in [7, 11) is 0. The molecule has 0 radical (unpaired) electrons. The molecule has 0 aromatic carbocycles. The van der Waals surface area contributed by atoms with Gasteiger partial charge in [-0.2, -0.15) is 0 Å². The van der Waals surface area contributed by atoms with E-state index in [4.69, 9.17) is 0 Å². The van der Waals surface area contributed by atoms with Crippen LogP contribution in [0.5, 0.6) is 0 Å². The summed E-state index contributed by atoms with van der Waals surface area (Å²) in [5.74, 6) is -0.408. The Bertz CT molecular complexity index is 972. The zero-order valence-electron chi connectivity index (χ0n) is 16.7. The highest BCUT2D eigenvalue weighted by atomic mass is 32.2. The highest BCUT2D eigenvalue weighted by Crippen LogP contribution is 2.34. The van der Waals surface area contributed by atoms with Crippen LogP contribution < -0.4 is 16.2 Å². The summed E-state index contributed by atoms with van der Waals surface area (Å²) in [4.78, 5) is 43.7. The SMILES string of the molecule is CCn1c(SCC(=O)NC(=O)NC(C)(C)C)nc2sc3c(c2c1=O)CCCC3. The van der Waals surface area contributed by atoms with Gasteiger partial charge in [-0.1, -0.05) is 11.8 Å². The van der Waals surface area contributed by atoms with E-state index in [1.54, 1.807) is 15.9 Å². The molecule has 2 N–H and O–H groups in total. The summed E-state index contributed by atoms with van der Waals surface area (Å²) in [6, 6.07) is -0.527. The second-order valence-corrected chi connectivity index (χ2v) is 9.90. The maximum absolute atomic E-state index is 13.0. The number of amides is 3. The fraction of sp³-hybridized carbons (Fsp3) is 0.579. The summed E-state index contributed by atoms with van der Waals surface area (Å²) >= 11 is 2.78. The molecule has 0 unspecified atom stereocenters. The number of imide groups is 1. The number of hydrogen-bond acceptors (Lipinski definition) is 6. The minimum absolute atomic E-state index is 0.0145. The van der Waals surface area contributed by atoms with E-state index in [2.05, 4.69) is 15.6 Å². The van der Waals surface area contributed by atoms with E-state index in [0.29, 0.717) is 11.7 Å². The van der Waals surface area contributed by atoms with Crippen molar-refractivity contribution in [2.75, 3.05) is 5.75 Å². The topological polar surface area (TPSA) is 93.1 Å². The van der Waals surface area contributed by atoms with Crippen LogP contribution >= 0.6 is 23.1 Å². The quantitative estimate of drug-likeness (QED) is 0.583. The lowest BCUT2D eigenvalue weighted by Gasteiger charge is -2.20. The first-order valence-corrected chi connectivity index (χ1v) is 11.3. The number of aryl methyl sites for hydroxylation is 2. The Kier molecular flexibility index (Phi) is 6.14. The zero-order valence-corrected chi connectivity index (χ0v) is 18.3. The second kappa shape index (κ2) is 8.24. The van der Waals surface area contributed by atoms with E-state index >= 15 is 0 Å². The van der Waals surface area contributed by atoms with Gasteiger partial charge in [-0.3, -0.25) is 19.5 Å². The van der Waals surface area contributed by atoms with Gasteiger partial charge in [-0.15, -0.1) is 11.3 Å². The maximum Gasteiger partial charge on any atom is 0.321 e. The highest BCUT2D eigenvalue weighted by Gasteiger charge is 2.22. The number of carbonyl (C=O) groups excluding carboxylic acids is 2. The number of aromatic nitrogens is 2. The van der Waals surface area contributed by atoms with Crippen LogP contribution in [0.4, 0.5) is 4.79 Å². The monoisotopic (exact) mass is 422 g/mol. The summed E-state index contributed by atoms with van der Waals surface area (Å²) in [5, 5.41) is 6.26. The van der Waals surface area contributed by atoms with Gasteiger partial charge in [0.15, 0.2) is 5.16 Å². The third-order valence-corrected chi connectivity index (χ3v) is 6.59. The molecular weight excluding hydrogens is 396 g/mol. The molecule has 7 nitrogen and oxygen atoms in total. The largest absolute Gasteiger partial charge is 0.333 e. The van der Waals surface area contributed by atoms with Crippen LogP contribution in [0, 0.1) is 0 Å². The molecule has 9 heteroatoms. The molecule has 0 saturated carbocycles. The molecule has 3 rings (SSSR count). The molecule has 152 valence electrons. The van der Waals surface area contributed by atoms with Crippen molar-refractivity contribution in [1.82, 2.24) is 20.2 Å². The molecule has 0 bridgehead atoms. The molecule has 2 aromatic heterocycles. The van der Waals surface area contributed by atoms with E-state index in [-0.39, 0.29) is 11.3 Å². The molecule has 28 heavy (non-hydrogen) atoms. The first-order chi connectivity index (χ1) is 13.2. The average Bonchev–Trinajstić information content (AvgIpc) is 2.96. The van der Waals surface area contributed by atoms with Gasteiger partial charge in [0.2, 0.25) is 5.91 Å². The van der Waals surface area contributed by atoms with E-state index in [1.165, 1.54) is 22.2 Å². The molecule has 0 saturated heterocycles. The third kappa shape index (κ3) is 4.57. The van der Waals surface area contributed by atoms with Gasteiger partial charge in [0, 0.05) is 17.0 Å². The predicted octanol–water partition coefficient (Wildman–Crippen LogP) is 3.07. The molecule has 1 aliphatic carbocycles. The van der Waals surface area contributed by atoms with E-state index in [9.17, 15) is 14.4 Å².